The van der Waals surface area contributed by atoms with Crippen LogP contribution in [0.5, 0.6) is 5.75 Å². The van der Waals surface area contributed by atoms with Crippen LogP contribution in [-0.4, -0.2) is 5.11 Å². The zero-order chi connectivity index (χ0) is 8.43. The van der Waals surface area contributed by atoms with Gasteiger partial charge in [0.1, 0.15) is 11.6 Å². The maximum absolute atomic E-state index is 12.7. The van der Waals surface area contributed by atoms with Gasteiger partial charge in [-0.2, -0.15) is 0 Å². The van der Waals surface area contributed by atoms with Gasteiger partial charge in [0.15, 0.2) is 0 Å². The van der Waals surface area contributed by atoms with Gasteiger partial charge < -0.3 is 5.11 Å². The lowest BCUT2D eigenvalue weighted by atomic mass is 10.3. The summed E-state index contributed by atoms with van der Waals surface area (Å²) < 4.78 is 12.7. The molecule has 0 heterocycles. The molecule has 0 fully saturated rings. The summed E-state index contributed by atoms with van der Waals surface area (Å²) in [6.07, 6.45) is 0. The normalized spacial score (nSPS) is 9.73. The number of phenols is 1. The Kier molecular flexibility index (Phi) is 2.42. The Morgan fingerprint density at radius 1 is 1.45 bits per heavy atom. The number of hydrogen-bond donors (Lipinski definition) is 2. The Morgan fingerprint density at radius 3 is 2.64 bits per heavy atom. The molecule has 5 heteroatoms. The second-order valence-electron chi connectivity index (χ2n) is 1.88. The fourth-order valence-corrected chi connectivity index (χ4v) is 0.905. The van der Waals surface area contributed by atoms with E-state index in [1.54, 1.807) is 0 Å². The Bertz CT molecular complexity index is 280. The minimum Gasteiger partial charge on any atom is -0.506 e. The molecular formula is C6H4Cl2FNO. The minimum absolute atomic E-state index is 0.00596. The van der Waals surface area contributed by atoms with Crippen LogP contribution in [0.2, 0.25) is 5.02 Å². The summed E-state index contributed by atoms with van der Waals surface area (Å²) >= 11 is 10.5. The maximum atomic E-state index is 12.7. The van der Waals surface area contributed by atoms with Gasteiger partial charge in [0, 0.05) is 17.8 Å². The summed E-state index contributed by atoms with van der Waals surface area (Å²) in [4.78, 5) is 2.04. The number of nitrogens with one attached hydrogen (secondary N) is 1. The van der Waals surface area contributed by atoms with E-state index in [0.29, 0.717) is 0 Å². The molecule has 0 aliphatic heterocycles. The van der Waals surface area contributed by atoms with Crippen LogP contribution in [0.1, 0.15) is 0 Å². The summed E-state index contributed by atoms with van der Waals surface area (Å²) in [5.74, 6) is -0.820. The first-order chi connectivity index (χ1) is 5.15. The van der Waals surface area contributed by atoms with Gasteiger partial charge in [-0.1, -0.05) is 11.6 Å². The van der Waals surface area contributed by atoms with E-state index in [-0.39, 0.29) is 16.5 Å². The molecule has 0 atom stereocenters. The van der Waals surface area contributed by atoms with Crippen LogP contribution in [0.3, 0.4) is 0 Å². The molecule has 11 heavy (non-hydrogen) atoms. The van der Waals surface area contributed by atoms with Crippen molar-refractivity contribution in [2.24, 2.45) is 0 Å². The van der Waals surface area contributed by atoms with Gasteiger partial charge in [-0.05, 0) is 6.07 Å². The lowest BCUT2D eigenvalue weighted by molar-refractivity contribution is 0.474. The van der Waals surface area contributed by atoms with Gasteiger partial charge in [-0.3, -0.25) is 4.84 Å². The average molecular weight is 196 g/mol. The molecule has 1 aromatic rings. The summed E-state index contributed by atoms with van der Waals surface area (Å²) in [6, 6.07) is 2.08. The molecule has 0 radical (unpaired) electrons. The molecule has 0 unspecified atom stereocenters. The molecule has 0 aliphatic rings. The van der Waals surface area contributed by atoms with E-state index in [0.717, 1.165) is 12.1 Å². The lowest BCUT2D eigenvalue weighted by Crippen LogP contribution is -1.85. The van der Waals surface area contributed by atoms with Gasteiger partial charge in [-0.25, -0.2) is 4.39 Å². The van der Waals surface area contributed by atoms with E-state index in [2.05, 4.69) is 0 Å². The van der Waals surface area contributed by atoms with E-state index in [4.69, 9.17) is 28.5 Å². The van der Waals surface area contributed by atoms with Gasteiger partial charge in [0.25, 0.3) is 0 Å². The predicted molar refractivity (Wildman–Crippen MR) is 42.6 cm³/mol. The molecule has 0 spiro atoms. The number of benzene rings is 1. The number of halogens is 3. The molecule has 1 rings (SSSR count). The van der Waals surface area contributed by atoms with Crippen LogP contribution in [0.4, 0.5) is 10.1 Å². The van der Waals surface area contributed by atoms with Crippen molar-refractivity contribution in [3.63, 3.8) is 0 Å². The molecule has 0 saturated carbocycles. The summed E-state index contributed by atoms with van der Waals surface area (Å²) in [7, 11) is 0. The highest BCUT2D eigenvalue weighted by Gasteiger charge is 2.05. The van der Waals surface area contributed by atoms with E-state index in [1.807, 2.05) is 4.84 Å². The number of phenolic OH excluding ortho intramolecular Hbond substituents is 1. The smallest absolute Gasteiger partial charge is 0.149 e. The fourth-order valence-electron chi connectivity index (χ4n) is 0.610. The van der Waals surface area contributed by atoms with Crippen molar-refractivity contribution in [2.45, 2.75) is 0 Å². The largest absolute Gasteiger partial charge is 0.506 e. The van der Waals surface area contributed by atoms with Crippen LogP contribution >= 0.6 is 23.4 Å². The Labute approximate surface area is 72.7 Å². The third-order valence-electron chi connectivity index (χ3n) is 1.14. The summed E-state index contributed by atoms with van der Waals surface area (Å²) in [5.41, 5.74) is -0.00596. The van der Waals surface area contributed by atoms with Gasteiger partial charge in [0.05, 0.1) is 10.7 Å². The highest BCUT2D eigenvalue weighted by atomic mass is 35.5. The minimum atomic E-state index is -0.609. The third-order valence-corrected chi connectivity index (χ3v) is 1.64. The molecule has 2 nitrogen and oxygen atoms in total. The summed E-state index contributed by atoms with van der Waals surface area (Å²) in [5, 5.41) is 8.92. The Morgan fingerprint density at radius 2 is 2.09 bits per heavy atom. The van der Waals surface area contributed by atoms with Crippen molar-refractivity contribution in [1.29, 1.82) is 0 Å². The zero-order valence-electron chi connectivity index (χ0n) is 5.24. The fraction of sp³-hybridized carbons (Fsp3) is 0. The number of rotatable bonds is 1. The SMILES string of the molecule is Oc1cc(NCl)c(F)cc1Cl. The first-order valence-electron chi connectivity index (χ1n) is 2.70. The standard InChI is InChI=1S/C6H4Cl2FNO/c7-3-1-4(9)5(10-8)2-6(3)11/h1-2,10-11H. The average Bonchev–Trinajstić information content (AvgIpc) is 1.97. The highest BCUT2D eigenvalue weighted by molar-refractivity contribution is 6.32. The molecule has 60 valence electrons. The van der Waals surface area contributed by atoms with Crippen LogP contribution in [0, 0.1) is 5.82 Å². The molecule has 0 amide bonds. The molecule has 1 aromatic carbocycles. The van der Waals surface area contributed by atoms with Crippen LogP contribution < -0.4 is 4.84 Å². The van der Waals surface area contributed by atoms with E-state index in [9.17, 15) is 4.39 Å². The lowest BCUT2D eigenvalue weighted by Gasteiger charge is -2.01. The third kappa shape index (κ3) is 1.67. The zero-order valence-corrected chi connectivity index (χ0v) is 6.75. The molecule has 0 bridgehead atoms. The Hall–Kier alpha value is -0.670. The first kappa shape index (κ1) is 8.43. The summed E-state index contributed by atoms with van der Waals surface area (Å²) in [6.45, 7) is 0. The molecule has 0 aromatic heterocycles. The molecular weight excluding hydrogens is 192 g/mol. The molecule has 0 aliphatic carbocycles. The van der Waals surface area contributed by atoms with Crippen molar-refractivity contribution in [3.8, 4) is 5.75 Å². The Balaban J connectivity index is 3.21. The van der Waals surface area contributed by atoms with Gasteiger partial charge >= 0.3 is 0 Å². The quantitative estimate of drug-likeness (QED) is 0.676. The van der Waals surface area contributed by atoms with Crippen molar-refractivity contribution < 1.29 is 9.50 Å². The van der Waals surface area contributed by atoms with Crippen molar-refractivity contribution in [1.82, 2.24) is 0 Å². The predicted octanol–water partition coefficient (Wildman–Crippen LogP) is 2.75. The monoisotopic (exact) mass is 195 g/mol. The number of aromatic hydroxyl groups is 1. The van der Waals surface area contributed by atoms with E-state index >= 15 is 0 Å². The van der Waals surface area contributed by atoms with Crippen LogP contribution in [0.15, 0.2) is 12.1 Å². The molecule has 2 N–H and O–H groups in total. The van der Waals surface area contributed by atoms with E-state index < -0.39 is 5.82 Å². The van der Waals surface area contributed by atoms with Gasteiger partial charge in [-0.15, -0.1) is 0 Å². The highest BCUT2D eigenvalue weighted by Crippen LogP contribution is 2.29. The van der Waals surface area contributed by atoms with Crippen LogP contribution in [0.25, 0.3) is 0 Å². The second kappa shape index (κ2) is 3.15. The van der Waals surface area contributed by atoms with Crippen molar-refractivity contribution in [3.05, 3.63) is 23.0 Å². The van der Waals surface area contributed by atoms with Crippen molar-refractivity contribution in [2.75, 3.05) is 4.84 Å². The number of hydrogen-bond acceptors (Lipinski definition) is 2. The van der Waals surface area contributed by atoms with Crippen LogP contribution in [-0.2, 0) is 0 Å². The van der Waals surface area contributed by atoms with Gasteiger partial charge in [0.2, 0.25) is 0 Å². The maximum Gasteiger partial charge on any atom is 0.149 e. The second-order valence-corrected chi connectivity index (χ2v) is 2.47. The number of anilines is 1. The first-order valence-corrected chi connectivity index (χ1v) is 3.45. The molecule has 0 saturated heterocycles. The van der Waals surface area contributed by atoms with Crippen molar-refractivity contribution >= 4 is 29.1 Å². The van der Waals surface area contributed by atoms with E-state index in [1.165, 1.54) is 0 Å². The topological polar surface area (TPSA) is 32.3 Å².